The number of carbonyl (C=O) groups excluding carboxylic acids is 4. The molecule has 0 aliphatic carbocycles. The number of amides is 3. The fourth-order valence-electron chi connectivity index (χ4n) is 8.22. The topological polar surface area (TPSA) is 255 Å². The van der Waals surface area contributed by atoms with Gasteiger partial charge in [0.05, 0.1) is 32.8 Å². The van der Waals surface area contributed by atoms with Gasteiger partial charge in [-0.25, -0.2) is 14.4 Å². The summed E-state index contributed by atoms with van der Waals surface area (Å²) < 4.78 is 17.0. The van der Waals surface area contributed by atoms with Crippen molar-refractivity contribution in [1.29, 1.82) is 0 Å². The molecule has 7 atom stereocenters. The van der Waals surface area contributed by atoms with Crippen LogP contribution < -0.4 is 0 Å². The second-order valence-electron chi connectivity index (χ2n) is 15.5. The van der Waals surface area contributed by atoms with E-state index < -0.39 is 68.9 Å². The molecule has 4 heterocycles. The maximum Gasteiger partial charge on any atom is 0.410 e. The minimum Gasteiger partial charge on any atom is -0.456 e. The Hall–Kier alpha value is -6.26. The van der Waals surface area contributed by atoms with Crippen LogP contribution in [0.2, 0.25) is 0 Å². The molecule has 3 saturated heterocycles. The van der Waals surface area contributed by atoms with Crippen LogP contribution in [0.15, 0.2) is 83.4 Å². The third-order valence-electron chi connectivity index (χ3n) is 11.5. The molecule has 1 unspecified atom stereocenters. The second-order valence-corrected chi connectivity index (χ2v) is 18.2. The van der Waals surface area contributed by atoms with Gasteiger partial charge in [-0.3, -0.25) is 35.1 Å². The molecule has 0 radical (unpaired) electrons. The fraction of sp³-hybridized carbons (Fsp3) is 0.415. The summed E-state index contributed by atoms with van der Waals surface area (Å²) in [4.78, 5) is 91.5. The van der Waals surface area contributed by atoms with Crippen LogP contribution in [0.3, 0.4) is 0 Å². The summed E-state index contributed by atoms with van der Waals surface area (Å²) in [5, 5.41) is 43.2. The van der Waals surface area contributed by atoms with E-state index in [2.05, 4.69) is 0 Å². The predicted octanol–water partition coefficient (Wildman–Crippen LogP) is 5.79. The van der Waals surface area contributed by atoms with Crippen molar-refractivity contribution in [2.75, 3.05) is 25.4 Å². The van der Waals surface area contributed by atoms with Crippen LogP contribution in [-0.4, -0.2) is 113 Å². The number of rotatable bonds is 14. The van der Waals surface area contributed by atoms with E-state index in [9.17, 15) is 54.6 Å². The molecule has 22 heteroatoms. The molecule has 4 aliphatic rings. The van der Waals surface area contributed by atoms with Gasteiger partial charge in [0.15, 0.2) is 0 Å². The highest BCUT2D eigenvalue weighted by Gasteiger charge is 2.60. The number of nitrogens with zero attached hydrogens (tertiary/aromatic N) is 6. The number of carbonyl (C=O) groups is 4. The first kappa shape index (κ1) is 44.8. The highest BCUT2D eigenvalue weighted by molar-refractivity contribution is 8.03. The average Bonchev–Trinajstić information content (AvgIpc) is 3.80. The van der Waals surface area contributed by atoms with Crippen LogP contribution in [0.4, 0.5) is 26.7 Å². The molecule has 7 rings (SSSR count). The number of hydrogen-bond donors (Lipinski definition) is 1. The smallest absolute Gasteiger partial charge is 0.410 e. The molecule has 3 fully saturated rings. The first-order valence-electron chi connectivity index (χ1n) is 19.9. The summed E-state index contributed by atoms with van der Waals surface area (Å²) in [5.74, 6) is -1.87. The summed E-state index contributed by atoms with van der Waals surface area (Å²) in [5.41, 5.74) is 1.25. The number of aliphatic hydroxyl groups excluding tert-OH is 1. The van der Waals surface area contributed by atoms with Crippen molar-refractivity contribution in [2.24, 2.45) is 11.8 Å². The molecule has 0 saturated carbocycles. The Bertz CT molecular complexity index is 2310. The number of likely N-dealkylation sites (tertiary alicyclic amines) is 1. The van der Waals surface area contributed by atoms with Crippen molar-refractivity contribution in [3.63, 3.8) is 0 Å². The minimum absolute atomic E-state index is 0.0334. The largest absolute Gasteiger partial charge is 0.456 e. The Kier molecular flexibility index (Phi) is 13.5. The molecule has 3 aromatic rings. The van der Waals surface area contributed by atoms with Crippen LogP contribution in [0.1, 0.15) is 37.0 Å². The number of nitro groups is 3. The van der Waals surface area contributed by atoms with E-state index >= 15 is 0 Å². The van der Waals surface area contributed by atoms with Crippen LogP contribution in [0.5, 0.6) is 0 Å². The van der Waals surface area contributed by atoms with Crippen LogP contribution in [0, 0.1) is 42.2 Å². The number of benzene rings is 3. The molecular weight excluding hydrogens is 865 g/mol. The monoisotopic (exact) mass is 906 g/mol. The fourth-order valence-corrected chi connectivity index (χ4v) is 11.1. The van der Waals surface area contributed by atoms with Gasteiger partial charge >= 0.3 is 18.2 Å². The SMILES string of the molecule is C[C@@H](O)[C@H]1C(=O)N2C(C(=O)OCc3ccc([N+](=O)[O-])cc3)=C(S[C@H]3C[C@@H](C4CN(C(=O)OCc5ccc([N+](=O)[O-])cc5)CCS4)N(C(=O)OCc4ccc([N+](=O)[O-])cc4)C3)[C@H](C)[C@H]12. The summed E-state index contributed by atoms with van der Waals surface area (Å²) in [6.07, 6.45) is -1.87. The first-order chi connectivity index (χ1) is 30.1. The number of thioether (sulfide) groups is 2. The zero-order valence-electron chi connectivity index (χ0n) is 33.9. The molecule has 63 heavy (non-hydrogen) atoms. The molecule has 0 spiro atoms. The normalized spacial score (nSPS) is 23.4. The Balaban J connectivity index is 1.10. The molecule has 0 bridgehead atoms. The number of fused-ring (bicyclic) bond motifs is 1. The standard InChI is InChI=1S/C41H42N6O14S2/c1-23-35-34(24(2)48)38(49)44(35)36(39(50)59-20-25-3-9-28(10-4-25)45(53)54)37(23)63-31-17-32(43(18-31)41(52)61-22-27-7-13-30(14-8-27)47(57)58)33-19-42(15-16-62-33)40(51)60-21-26-5-11-29(12-6-26)46(55)56/h3-14,23-24,31-35,48H,15-22H2,1-2H3/t23-,24-,31+,32+,33?,34-,35-/m1/s1. The number of nitro benzene ring substituents is 3. The quantitative estimate of drug-likeness (QED) is 0.0660. The minimum atomic E-state index is -0.994. The van der Waals surface area contributed by atoms with Crippen LogP contribution >= 0.6 is 23.5 Å². The van der Waals surface area contributed by atoms with Gasteiger partial charge in [0.2, 0.25) is 5.91 Å². The highest BCUT2D eigenvalue weighted by atomic mass is 32.2. The number of esters is 1. The number of β-lactam (4-membered cyclic amide) rings is 1. The zero-order valence-corrected chi connectivity index (χ0v) is 35.5. The average molecular weight is 907 g/mol. The lowest BCUT2D eigenvalue weighted by Gasteiger charge is -2.46. The van der Waals surface area contributed by atoms with Gasteiger partial charge in [0.1, 0.15) is 25.5 Å². The number of aliphatic hydroxyl groups is 1. The summed E-state index contributed by atoms with van der Waals surface area (Å²) >= 11 is 2.90. The van der Waals surface area contributed by atoms with E-state index in [0.717, 1.165) is 0 Å². The number of non-ortho nitro benzene ring substituents is 3. The predicted molar refractivity (Wildman–Crippen MR) is 226 cm³/mol. The Labute approximate surface area is 367 Å². The van der Waals surface area contributed by atoms with Gasteiger partial charge in [-0.15, -0.1) is 11.8 Å². The van der Waals surface area contributed by atoms with Crippen molar-refractivity contribution >= 4 is 64.6 Å². The molecular formula is C41H42N6O14S2. The number of hydrogen-bond acceptors (Lipinski definition) is 16. The van der Waals surface area contributed by atoms with Crippen LogP contribution in [0.25, 0.3) is 0 Å². The third kappa shape index (κ3) is 9.71. The highest BCUT2D eigenvalue weighted by Crippen LogP contribution is 2.53. The zero-order chi connectivity index (χ0) is 45.1. The van der Waals surface area contributed by atoms with Gasteiger partial charge in [-0.05, 0) is 66.4 Å². The van der Waals surface area contributed by atoms with E-state index in [1.54, 1.807) is 21.6 Å². The molecule has 3 aromatic carbocycles. The van der Waals surface area contributed by atoms with Crippen molar-refractivity contribution in [3.8, 4) is 0 Å². The Morgan fingerprint density at radius 3 is 1.78 bits per heavy atom. The second kappa shape index (κ2) is 19.0. The number of ether oxygens (including phenoxy) is 3. The maximum absolute atomic E-state index is 14.0. The van der Waals surface area contributed by atoms with E-state index in [1.165, 1.54) is 96.4 Å². The van der Waals surface area contributed by atoms with Crippen molar-refractivity contribution in [1.82, 2.24) is 14.7 Å². The Morgan fingerprint density at radius 2 is 1.29 bits per heavy atom. The maximum atomic E-state index is 14.0. The lowest BCUT2D eigenvalue weighted by molar-refractivity contribution is -0.385. The van der Waals surface area contributed by atoms with Gasteiger partial charge < -0.3 is 34.0 Å². The third-order valence-corrected chi connectivity index (χ3v) is 14.3. The van der Waals surface area contributed by atoms with E-state index in [4.69, 9.17) is 14.2 Å². The Morgan fingerprint density at radius 1 is 0.794 bits per heavy atom. The molecule has 1 N–H and O–H groups in total. The summed E-state index contributed by atoms with van der Waals surface area (Å²) in [6.45, 7) is 3.57. The van der Waals surface area contributed by atoms with Crippen LogP contribution in [-0.2, 0) is 43.6 Å². The van der Waals surface area contributed by atoms with Crippen molar-refractivity contribution < 1.29 is 53.3 Å². The lowest BCUT2D eigenvalue weighted by atomic mass is 9.79. The van der Waals surface area contributed by atoms with E-state index in [0.29, 0.717) is 40.3 Å². The first-order valence-corrected chi connectivity index (χ1v) is 21.8. The molecule has 20 nitrogen and oxygen atoms in total. The summed E-state index contributed by atoms with van der Waals surface area (Å²) in [7, 11) is 0. The summed E-state index contributed by atoms with van der Waals surface area (Å²) in [6, 6.07) is 15.7. The van der Waals surface area contributed by atoms with E-state index in [1.807, 2.05) is 6.92 Å². The van der Waals surface area contributed by atoms with Crippen molar-refractivity contribution in [3.05, 3.63) is 130 Å². The molecule has 0 aromatic heterocycles. The molecule has 3 amide bonds. The van der Waals surface area contributed by atoms with Gasteiger partial charge in [0, 0.05) is 89.2 Å². The van der Waals surface area contributed by atoms with Gasteiger partial charge in [-0.2, -0.15) is 11.8 Å². The van der Waals surface area contributed by atoms with Gasteiger partial charge in [-0.1, -0.05) is 6.92 Å². The molecule has 332 valence electrons. The van der Waals surface area contributed by atoms with Gasteiger partial charge in [0.25, 0.3) is 17.1 Å². The lowest BCUT2D eigenvalue weighted by Crippen LogP contribution is -2.63. The van der Waals surface area contributed by atoms with Crippen molar-refractivity contribution in [2.45, 2.75) is 68.8 Å². The van der Waals surface area contributed by atoms with E-state index in [-0.39, 0.29) is 66.2 Å². The molecule has 4 aliphatic heterocycles.